The van der Waals surface area contributed by atoms with Crippen LogP contribution in [0.4, 0.5) is 9.59 Å². The number of hydrogen-bond acceptors (Lipinski definition) is 8. The van der Waals surface area contributed by atoms with Crippen molar-refractivity contribution in [1.82, 2.24) is 15.7 Å². The number of nitrogens with one attached hydrogen (secondary N) is 2. The van der Waals surface area contributed by atoms with Crippen LogP contribution in [-0.2, 0) is 35.3 Å². The second-order valence-corrected chi connectivity index (χ2v) is 9.79. The molecule has 0 saturated carbocycles. The van der Waals surface area contributed by atoms with Crippen molar-refractivity contribution in [2.24, 2.45) is 0 Å². The Morgan fingerprint density at radius 3 is 2.02 bits per heavy atom. The fraction of sp³-hybridized carbons (Fsp3) is 0.258. The van der Waals surface area contributed by atoms with E-state index >= 15 is 0 Å². The van der Waals surface area contributed by atoms with Crippen LogP contribution in [0.25, 0.3) is 11.1 Å². The number of fused-ring (bicyclic) bond motifs is 3. The molecule has 0 radical (unpaired) electrons. The lowest BCUT2D eigenvalue weighted by Crippen LogP contribution is -2.47. The van der Waals surface area contributed by atoms with E-state index in [-0.39, 0.29) is 44.9 Å². The van der Waals surface area contributed by atoms with Crippen LogP contribution in [0.15, 0.2) is 78.9 Å². The topological polar surface area (TPSA) is 140 Å². The highest BCUT2D eigenvalue weighted by atomic mass is 16.7. The first kappa shape index (κ1) is 28.3. The van der Waals surface area contributed by atoms with E-state index in [0.29, 0.717) is 5.06 Å². The lowest BCUT2D eigenvalue weighted by atomic mass is 9.98. The number of amides is 4. The fourth-order valence-corrected chi connectivity index (χ4v) is 4.94. The number of carbonyl (C=O) groups is 5. The summed E-state index contributed by atoms with van der Waals surface area (Å²) in [6.45, 7) is -0.0264. The van der Waals surface area contributed by atoms with Crippen molar-refractivity contribution >= 4 is 30.0 Å². The van der Waals surface area contributed by atoms with Crippen molar-refractivity contribution in [3.8, 4) is 11.1 Å². The van der Waals surface area contributed by atoms with Crippen molar-refractivity contribution in [2.75, 3.05) is 13.2 Å². The Hall–Kier alpha value is -5.19. The first-order valence-corrected chi connectivity index (χ1v) is 13.5. The summed E-state index contributed by atoms with van der Waals surface area (Å²) in [5.74, 6) is -2.49. The number of imide groups is 1. The van der Waals surface area contributed by atoms with Gasteiger partial charge in [0.05, 0.1) is 0 Å². The zero-order valence-corrected chi connectivity index (χ0v) is 22.6. The van der Waals surface area contributed by atoms with Gasteiger partial charge in [-0.15, -0.1) is 5.06 Å². The molecule has 0 bridgehead atoms. The minimum atomic E-state index is -1.33. The molecular formula is C31H29N3O8. The van der Waals surface area contributed by atoms with Gasteiger partial charge in [0.1, 0.15) is 19.3 Å². The molecule has 3 aromatic carbocycles. The van der Waals surface area contributed by atoms with Gasteiger partial charge >= 0.3 is 18.2 Å². The molecule has 1 heterocycles. The zero-order chi connectivity index (χ0) is 29.5. The van der Waals surface area contributed by atoms with Crippen LogP contribution in [0.3, 0.4) is 0 Å². The summed E-state index contributed by atoms with van der Waals surface area (Å²) in [7, 11) is 0. The van der Waals surface area contributed by atoms with Gasteiger partial charge in [-0.2, -0.15) is 0 Å². The van der Waals surface area contributed by atoms with Gasteiger partial charge in [-0.1, -0.05) is 78.9 Å². The number of alkyl carbamates (subject to hydrolysis) is 2. The molecule has 3 aromatic rings. The number of hydrogen-bond donors (Lipinski definition) is 2. The number of nitrogens with zero attached hydrogens (tertiary/aromatic N) is 1. The van der Waals surface area contributed by atoms with Crippen LogP contribution < -0.4 is 10.6 Å². The van der Waals surface area contributed by atoms with Crippen LogP contribution >= 0.6 is 0 Å². The third kappa shape index (κ3) is 6.57. The highest BCUT2D eigenvalue weighted by Crippen LogP contribution is 2.44. The second-order valence-electron chi connectivity index (χ2n) is 9.79. The summed E-state index contributed by atoms with van der Waals surface area (Å²) in [5, 5.41) is 5.35. The van der Waals surface area contributed by atoms with Gasteiger partial charge < -0.3 is 24.9 Å². The summed E-state index contributed by atoms with van der Waals surface area (Å²) < 4.78 is 10.7. The van der Waals surface area contributed by atoms with Crippen molar-refractivity contribution in [2.45, 2.75) is 37.8 Å². The third-order valence-electron chi connectivity index (χ3n) is 7.02. The lowest BCUT2D eigenvalue weighted by Gasteiger charge is -2.20. The summed E-state index contributed by atoms with van der Waals surface area (Å²) in [6.07, 6.45) is -1.90. The Morgan fingerprint density at radius 2 is 1.38 bits per heavy atom. The van der Waals surface area contributed by atoms with Crippen LogP contribution in [0.1, 0.15) is 41.9 Å². The number of hydroxylamine groups is 2. The molecule has 216 valence electrons. The van der Waals surface area contributed by atoms with Gasteiger partial charge in [-0.05, 0) is 34.2 Å². The first-order valence-electron chi connectivity index (χ1n) is 13.5. The molecule has 11 nitrogen and oxygen atoms in total. The normalized spacial score (nSPS) is 14.5. The molecular weight excluding hydrogens is 542 g/mol. The van der Waals surface area contributed by atoms with Crippen molar-refractivity contribution < 1.29 is 38.3 Å². The van der Waals surface area contributed by atoms with Gasteiger partial charge in [0.25, 0.3) is 11.8 Å². The van der Waals surface area contributed by atoms with E-state index < -0.39 is 36.0 Å². The minimum absolute atomic E-state index is 0.0461. The molecule has 0 aromatic heterocycles. The third-order valence-corrected chi connectivity index (χ3v) is 7.02. The van der Waals surface area contributed by atoms with E-state index in [1.807, 2.05) is 54.6 Å². The number of rotatable bonds is 10. The Bertz CT molecular complexity index is 1430. The highest BCUT2D eigenvalue weighted by Gasteiger charge is 2.35. The molecule has 1 aliphatic heterocycles. The van der Waals surface area contributed by atoms with E-state index in [1.165, 1.54) is 0 Å². The van der Waals surface area contributed by atoms with E-state index in [0.717, 1.165) is 27.8 Å². The highest BCUT2D eigenvalue weighted by molar-refractivity contribution is 6.01. The lowest BCUT2D eigenvalue weighted by molar-refractivity contribution is -0.199. The summed E-state index contributed by atoms with van der Waals surface area (Å²) in [5.41, 5.74) is 5.07. The zero-order valence-electron chi connectivity index (χ0n) is 22.6. The Kier molecular flexibility index (Phi) is 8.76. The van der Waals surface area contributed by atoms with Crippen molar-refractivity contribution in [1.29, 1.82) is 0 Å². The first-order chi connectivity index (χ1) is 20.4. The fourth-order valence-electron chi connectivity index (χ4n) is 4.94. The monoisotopic (exact) mass is 571 g/mol. The Labute approximate surface area is 241 Å². The smallest absolute Gasteiger partial charge is 0.408 e. The average Bonchev–Trinajstić information content (AvgIpc) is 3.50. The van der Waals surface area contributed by atoms with Gasteiger partial charge in [-0.3, -0.25) is 9.59 Å². The van der Waals surface area contributed by atoms with E-state index in [4.69, 9.17) is 14.3 Å². The Morgan fingerprint density at radius 1 is 0.786 bits per heavy atom. The molecule has 0 spiro atoms. The van der Waals surface area contributed by atoms with Gasteiger partial charge in [-0.25, -0.2) is 14.4 Å². The molecule has 0 unspecified atom stereocenters. The number of benzene rings is 3. The molecule has 1 aliphatic carbocycles. The molecule has 42 heavy (non-hydrogen) atoms. The predicted molar refractivity (Wildman–Crippen MR) is 148 cm³/mol. The minimum Gasteiger partial charge on any atom is -0.449 e. The SMILES string of the molecule is O=C(NCC[C@H](NC(=O)OCc1ccccc1)C(=O)ON1C(=O)CCC1=O)OCC1c2ccccc2-c2ccccc21. The van der Waals surface area contributed by atoms with Crippen molar-refractivity contribution in [3.63, 3.8) is 0 Å². The molecule has 1 fully saturated rings. The standard InChI is InChI=1S/C31H29N3O8/c35-27-14-15-28(36)34(27)42-29(37)26(33-31(39)40-18-20-8-2-1-3-9-20)16-17-32-30(38)41-19-25-23-12-6-4-10-21(23)22-11-5-7-13-24(22)25/h1-13,25-26H,14-19H2,(H,32,38)(H,33,39)/t26-/m0/s1. The average molecular weight is 572 g/mol. The second kappa shape index (κ2) is 13.0. The molecule has 4 amide bonds. The van der Waals surface area contributed by atoms with Gasteiger partial charge in [0.15, 0.2) is 0 Å². The quantitative estimate of drug-likeness (QED) is 0.350. The molecule has 1 atom stereocenters. The van der Waals surface area contributed by atoms with E-state index in [9.17, 15) is 24.0 Å². The van der Waals surface area contributed by atoms with Crippen LogP contribution in [0.2, 0.25) is 0 Å². The molecule has 1 saturated heterocycles. The number of carbonyl (C=O) groups excluding carboxylic acids is 5. The van der Waals surface area contributed by atoms with Crippen LogP contribution in [0.5, 0.6) is 0 Å². The van der Waals surface area contributed by atoms with E-state index in [2.05, 4.69) is 10.6 Å². The largest absolute Gasteiger partial charge is 0.449 e. The van der Waals surface area contributed by atoms with Gasteiger partial charge in [0, 0.05) is 25.3 Å². The van der Waals surface area contributed by atoms with E-state index in [1.54, 1.807) is 24.3 Å². The maximum atomic E-state index is 12.8. The number of ether oxygens (including phenoxy) is 2. The summed E-state index contributed by atoms with van der Waals surface area (Å²) >= 11 is 0. The Balaban J connectivity index is 1.16. The van der Waals surface area contributed by atoms with Crippen LogP contribution in [0, 0.1) is 0 Å². The molecule has 2 N–H and O–H groups in total. The van der Waals surface area contributed by atoms with Gasteiger partial charge in [0.2, 0.25) is 0 Å². The van der Waals surface area contributed by atoms with Crippen molar-refractivity contribution in [3.05, 3.63) is 95.6 Å². The predicted octanol–water partition coefficient (Wildman–Crippen LogP) is 3.82. The molecule has 2 aliphatic rings. The molecule has 5 rings (SSSR count). The maximum Gasteiger partial charge on any atom is 0.408 e. The summed E-state index contributed by atoms with van der Waals surface area (Å²) in [4.78, 5) is 66.6. The molecule has 11 heteroatoms. The summed E-state index contributed by atoms with van der Waals surface area (Å²) in [6, 6.07) is 23.5. The maximum absolute atomic E-state index is 12.8. The van der Waals surface area contributed by atoms with Crippen LogP contribution in [-0.4, -0.2) is 54.2 Å².